The van der Waals surface area contributed by atoms with Crippen molar-refractivity contribution in [2.45, 2.75) is 13.8 Å². The third kappa shape index (κ3) is 4.91. The van der Waals surface area contributed by atoms with Gasteiger partial charge in [-0.15, -0.1) is 0 Å². The number of pyridine rings is 1. The number of nitrogens with zero attached hydrogens (tertiary/aromatic N) is 2. The van der Waals surface area contributed by atoms with Gasteiger partial charge in [0.1, 0.15) is 23.0 Å². The molecule has 0 saturated carbocycles. The maximum atomic E-state index is 14.9. The summed E-state index contributed by atoms with van der Waals surface area (Å²) >= 11 is 4.06. The Balaban J connectivity index is 1.54. The molecule has 0 spiro atoms. The number of methoxy groups -OCH3 is 2. The highest BCUT2D eigenvalue weighted by Crippen LogP contribution is 2.37. The number of carbonyl (C=O) groups is 2. The Morgan fingerprint density at radius 1 is 1.03 bits per heavy atom. The fraction of sp³-hybridized carbons (Fsp3) is 0.160. The second kappa shape index (κ2) is 10.2. The van der Waals surface area contributed by atoms with Crippen molar-refractivity contribution in [1.29, 1.82) is 0 Å². The summed E-state index contributed by atoms with van der Waals surface area (Å²) in [6.45, 7) is 3.28. The van der Waals surface area contributed by atoms with Crippen LogP contribution in [0.5, 0.6) is 23.0 Å². The van der Waals surface area contributed by atoms with E-state index in [0.717, 1.165) is 6.07 Å². The van der Waals surface area contributed by atoms with Gasteiger partial charge in [0.25, 0.3) is 5.91 Å². The van der Waals surface area contributed by atoms with E-state index in [1.54, 1.807) is 38.2 Å². The van der Waals surface area contributed by atoms with Gasteiger partial charge in [-0.3, -0.25) is 15.1 Å². The van der Waals surface area contributed by atoms with Gasteiger partial charge in [0.05, 0.1) is 31.0 Å². The number of hydrogen-bond donors (Lipinski definition) is 2. The van der Waals surface area contributed by atoms with Crippen LogP contribution < -0.4 is 23.8 Å². The molecule has 11 heteroatoms. The molecule has 9 nitrogen and oxygen atoms in total. The highest BCUT2D eigenvalue weighted by atomic mass is 32.1. The normalized spacial score (nSPS) is 10.7. The summed E-state index contributed by atoms with van der Waals surface area (Å²) in [5.74, 6) is 0.963. The van der Waals surface area contributed by atoms with Crippen molar-refractivity contribution >= 4 is 41.3 Å². The molecule has 1 N–H and O–H groups in total. The third-order valence-electron chi connectivity index (χ3n) is 5.28. The van der Waals surface area contributed by atoms with Crippen LogP contribution in [0, 0.1) is 19.7 Å². The lowest BCUT2D eigenvalue weighted by atomic mass is 10.2. The van der Waals surface area contributed by atoms with Gasteiger partial charge in [-0.2, -0.15) is 0 Å². The highest BCUT2D eigenvalue weighted by Gasteiger charge is 2.22. The fourth-order valence-electron chi connectivity index (χ4n) is 3.57. The van der Waals surface area contributed by atoms with Crippen molar-refractivity contribution in [3.05, 3.63) is 71.6 Å². The van der Waals surface area contributed by atoms with Gasteiger partial charge in [-0.25, -0.2) is 13.5 Å². The van der Waals surface area contributed by atoms with E-state index in [-0.39, 0.29) is 17.0 Å². The van der Waals surface area contributed by atoms with Crippen LogP contribution in [0.25, 0.3) is 10.9 Å². The molecule has 3 amide bonds. The number of nitrogens with one attached hydrogen (secondary N) is 1. The summed E-state index contributed by atoms with van der Waals surface area (Å²) in [5.41, 5.74) is 0.612. The lowest BCUT2D eigenvalue weighted by molar-refractivity contribution is 0.0965. The standard InChI is InChI=1S/C25H22FN3O6S/c1-13-9-16(14(2)34-13)24(30)28-25(31)29(36)20-6-5-15(10-18(20)26)35-21-7-8-27-19-12-23(33-4)22(32-3)11-17(19)21/h5-12,36H,1-4H3,(H,28,30,31). The van der Waals surface area contributed by atoms with E-state index in [9.17, 15) is 14.0 Å². The fourth-order valence-corrected chi connectivity index (χ4v) is 3.78. The molecule has 0 aliphatic carbocycles. The minimum absolute atomic E-state index is 0.168. The van der Waals surface area contributed by atoms with Gasteiger partial charge in [0.15, 0.2) is 17.3 Å². The number of hydrogen-bond acceptors (Lipinski definition) is 8. The monoisotopic (exact) mass is 511 g/mol. The van der Waals surface area contributed by atoms with Crippen LogP contribution in [-0.4, -0.2) is 31.1 Å². The maximum Gasteiger partial charge on any atom is 0.338 e. The van der Waals surface area contributed by atoms with Crippen molar-refractivity contribution in [2.75, 3.05) is 18.5 Å². The van der Waals surface area contributed by atoms with Crippen LogP contribution in [0.3, 0.4) is 0 Å². The first kappa shape index (κ1) is 24.9. The molecule has 2 aromatic heterocycles. The van der Waals surface area contributed by atoms with E-state index >= 15 is 0 Å². The molecule has 0 bridgehead atoms. The van der Waals surface area contributed by atoms with Crippen LogP contribution in [0.4, 0.5) is 14.9 Å². The number of halogens is 1. The van der Waals surface area contributed by atoms with Gasteiger partial charge >= 0.3 is 6.03 Å². The zero-order valence-corrected chi connectivity index (χ0v) is 20.7. The number of furan rings is 1. The summed E-state index contributed by atoms with van der Waals surface area (Å²) in [7, 11) is 3.04. The molecule has 0 radical (unpaired) electrons. The number of rotatable bonds is 6. The number of aromatic nitrogens is 1. The first-order valence-corrected chi connectivity index (χ1v) is 11.0. The molecule has 186 valence electrons. The minimum Gasteiger partial charge on any atom is -0.493 e. The van der Waals surface area contributed by atoms with Crippen molar-refractivity contribution in [2.24, 2.45) is 0 Å². The molecule has 0 saturated heterocycles. The Bertz CT molecular complexity index is 1470. The third-order valence-corrected chi connectivity index (χ3v) is 5.68. The molecule has 0 aliphatic heterocycles. The highest BCUT2D eigenvalue weighted by molar-refractivity contribution is 7.82. The summed E-state index contributed by atoms with van der Waals surface area (Å²) in [6, 6.07) is 9.48. The average Bonchev–Trinajstić information content (AvgIpc) is 3.20. The molecule has 0 fully saturated rings. The van der Waals surface area contributed by atoms with Gasteiger partial charge in [0, 0.05) is 23.7 Å². The zero-order chi connectivity index (χ0) is 26.0. The number of fused-ring (bicyclic) bond motifs is 1. The quantitative estimate of drug-likeness (QED) is 0.325. The van der Waals surface area contributed by atoms with Crippen molar-refractivity contribution in [1.82, 2.24) is 10.3 Å². The van der Waals surface area contributed by atoms with Crippen LogP contribution >= 0.6 is 12.8 Å². The predicted molar refractivity (Wildman–Crippen MR) is 134 cm³/mol. The summed E-state index contributed by atoms with van der Waals surface area (Å²) in [5, 5.41) is 2.78. The number of benzene rings is 2. The van der Waals surface area contributed by atoms with Gasteiger partial charge in [-0.1, -0.05) is 12.8 Å². The molecule has 36 heavy (non-hydrogen) atoms. The zero-order valence-electron chi connectivity index (χ0n) is 19.8. The van der Waals surface area contributed by atoms with E-state index in [2.05, 4.69) is 23.1 Å². The van der Waals surface area contributed by atoms with Gasteiger partial charge in [0.2, 0.25) is 0 Å². The first-order valence-electron chi connectivity index (χ1n) is 10.6. The molecule has 2 aromatic carbocycles. The largest absolute Gasteiger partial charge is 0.493 e. The molecule has 4 aromatic rings. The van der Waals surface area contributed by atoms with Crippen LogP contribution in [0.15, 0.2) is 53.1 Å². The van der Waals surface area contributed by atoms with E-state index in [1.807, 2.05) is 0 Å². The molecule has 0 aliphatic rings. The Morgan fingerprint density at radius 3 is 2.39 bits per heavy atom. The number of imide groups is 1. The Kier molecular flexibility index (Phi) is 7.02. The number of carbonyl (C=O) groups excluding carboxylic acids is 2. The lowest BCUT2D eigenvalue weighted by Crippen LogP contribution is -2.38. The Morgan fingerprint density at radius 2 is 1.75 bits per heavy atom. The van der Waals surface area contributed by atoms with E-state index < -0.39 is 17.8 Å². The topological polar surface area (TPSA) is 103 Å². The summed E-state index contributed by atoms with van der Waals surface area (Å²) in [4.78, 5) is 29.2. The van der Waals surface area contributed by atoms with Crippen molar-refractivity contribution in [3.8, 4) is 23.0 Å². The molecule has 0 atom stereocenters. The van der Waals surface area contributed by atoms with Gasteiger partial charge < -0.3 is 18.6 Å². The van der Waals surface area contributed by atoms with E-state index in [4.69, 9.17) is 18.6 Å². The predicted octanol–water partition coefficient (Wildman–Crippen LogP) is 5.59. The number of ether oxygens (including phenoxy) is 3. The number of amides is 3. The van der Waals surface area contributed by atoms with Crippen molar-refractivity contribution in [3.63, 3.8) is 0 Å². The van der Waals surface area contributed by atoms with Crippen LogP contribution in [0.2, 0.25) is 0 Å². The first-order chi connectivity index (χ1) is 17.2. The average molecular weight is 512 g/mol. The van der Waals surface area contributed by atoms with Crippen LogP contribution in [0.1, 0.15) is 21.9 Å². The SMILES string of the molecule is COc1cc2nccc(Oc3ccc(N(S)C(=O)NC(=O)c4cc(C)oc4C)c(F)c3)c2cc1OC. The smallest absolute Gasteiger partial charge is 0.338 e. The summed E-state index contributed by atoms with van der Waals surface area (Å²) in [6.07, 6.45) is 1.55. The Hall–Kier alpha value is -4.25. The number of urea groups is 1. The van der Waals surface area contributed by atoms with E-state index in [1.165, 1.54) is 32.4 Å². The minimum atomic E-state index is -0.935. The molecular weight excluding hydrogens is 489 g/mol. The van der Waals surface area contributed by atoms with E-state index in [0.29, 0.717) is 44.0 Å². The number of thiol groups is 1. The van der Waals surface area contributed by atoms with Crippen LogP contribution in [-0.2, 0) is 0 Å². The molecule has 4 rings (SSSR count). The second-order valence-electron chi connectivity index (χ2n) is 7.65. The summed E-state index contributed by atoms with van der Waals surface area (Å²) < 4.78 is 37.5. The molecule has 2 heterocycles. The maximum absolute atomic E-state index is 14.9. The molecule has 0 unspecified atom stereocenters. The Labute approximate surface area is 211 Å². The second-order valence-corrected chi connectivity index (χ2v) is 8.05. The lowest BCUT2D eigenvalue weighted by Gasteiger charge is -2.17. The van der Waals surface area contributed by atoms with Crippen molar-refractivity contribution < 1.29 is 32.6 Å². The number of aryl methyl sites for hydroxylation is 2. The van der Waals surface area contributed by atoms with Gasteiger partial charge in [-0.05, 0) is 44.2 Å². The number of anilines is 1. The molecular formula is C25H22FN3O6S.